The number of carbonyl (C=O) groups is 1. The van der Waals surface area contributed by atoms with E-state index in [-0.39, 0.29) is 13.0 Å². The summed E-state index contributed by atoms with van der Waals surface area (Å²) in [7, 11) is 0. The Balaban J connectivity index is 1.80. The van der Waals surface area contributed by atoms with Gasteiger partial charge in [0.05, 0.1) is 13.0 Å². The minimum atomic E-state index is -1.70. The number of nitro groups is 1. The van der Waals surface area contributed by atoms with Crippen LogP contribution in [-0.2, 0) is 9.53 Å². The van der Waals surface area contributed by atoms with Gasteiger partial charge in [0.15, 0.2) is 6.10 Å². The molecular weight excluding hydrogens is 433 g/mol. The van der Waals surface area contributed by atoms with Crippen LogP contribution in [0.2, 0.25) is 0 Å². The standard InChI is InChI=1S/C24H22FNO5S/c1-3-30-22(27)14-21-24(2,26(28)29)23(19-13-17(25)9-11-20(19)31-21)32-18-10-8-15-6-4-5-7-16(15)12-18/h4-13,21,23H,3,14H2,1-2H3/t21-,23-,24-/m1/s1. The number of halogens is 1. The molecule has 0 bridgehead atoms. The van der Waals surface area contributed by atoms with Crippen LogP contribution in [-0.4, -0.2) is 29.1 Å². The van der Waals surface area contributed by atoms with Crippen LogP contribution in [0.5, 0.6) is 5.75 Å². The van der Waals surface area contributed by atoms with E-state index in [0.717, 1.165) is 15.7 Å². The number of rotatable bonds is 6. The Morgan fingerprint density at radius 3 is 2.66 bits per heavy atom. The van der Waals surface area contributed by atoms with Crippen molar-refractivity contribution in [3.63, 3.8) is 0 Å². The minimum absolute atomic E-state index is 0.164. The fourth-order valence-corrected chi connectivity index (χ4v) is 5.38. The molecule has 6 nitrogen and oxygen atoms in total. The van der Waals surface area contributed by atoms with Gasteiger partial charge in [0.2, 0.25) is 0 Å². The lowest BCUT2D eigenvalue weighted by atomic mass is 9.82. The van der Waals surface area contributed by atoms with E-state index in [1.165, 1.54) is 36.9 Å². The Labute approximate surface area is 188 Å². The average Bonchev–Trinajstić information content (AvgIpc) is 2.77. The summed E-state index contributed by atoms with van der Waals surface area (Å²) in [4.78, 5) is 25.0. The molecule has 3 atom stereocenters. The molecule has 4 rings (SSSR count). The molecule has 1 aliphatic heterocycles. The Kier molecular flexibility index (Phi) is 6.06. The molecular formula is C24H22FNO5S. The first-order chi connectivity index (χ1) is 15.3. The lowest BCUT2D eigenvalue weighted by Gasteiger charge is -2.40. The van der Waals surface area contributed by atoms with Gasteiger partial charge in [-0.1, -0.05) is 30.3 Å². The van der Waals surface area contributed by atoms with Crippen LogP contribution >= 0.6 is 11.8 Å². The number of carbonyl (C=O) groups excluding carboxylic acids is 1. The van der Waals surface area contributed by atoms with E-state index >= 15 is 0 Å². The fraction of sp³-hybridized carbons (Fsp3) is 0.292. The molecule has 0 aliphatic carbocycles. The zero-order valence-electron chi connectivity index (χ0n) is 17.6. The van der Waals surface area contributed by atoms with Crippen LogP contribution in [0.4, 0.5) is 4.39 Å². The summed E-state index contributed by atoms with van der Waals surface area (Å²) < 4.78 is 25.1. The summed E-state index contributed by atoms with van der Waals surface area (Å²) in [5.74, 6) is -0.755. The first-order valence-electron chi connectivity index (χ1n) is 10.2. The number of ether oxygens (including phenoxy) is 2. The van der Waals surface area contributed by atoms with Gasteiger partial charge in [-0.3, -0.25) is 14.9 Å². The third kappa shape index (κ3) is 4.02. The highest BCUT2D eigenvalue weighted by Crippen LogP contribution is 2.53. The number of fused-ring (bicyclic) bond motifs is 2. The van der Waals surface area contributed by atoms with Crippen molar-refractivity contribution in [1.82, 2.24) is 0 Å². The van der Waals surface area contributed by atoms with Crippen LogP contribution in [0.3, 0.4) is 0 Å². The molecule has 0 saturated heterocycles. The second-order valence-electron chi connectivity index (χ2n) is 7.79. The van der Waals surface area contributed by atoms with Crippen molar-refractivity contribution in [3.8, 4) is 5.75 Å². The number of benzene rings is 3. The van der Waals surface area contributed by atoms with E-state index in [2.05, 4.69) is 0 Å². The van der Waals surface area contributed by atoms with Gasteiger partial charge in [-0.2, -0.15) is 0 Å². The van der Waals surface area contributed by atoms with Crippen molar-refractivity contribution in [2.45, 2.75) is 42.1 Å². The quantitative estimate of drug-likeness (QED) is 0.275. The van der Waals surface area contributed by atoms with E-state index in [1.54, 1.807) is 6.92 Å². The van der Waals surface area contributed by atoms with E-state index in [1.807, 2.05) is 42.5 Å². The molecule has 0 radical (unpaired) electrons. The van der Waals surface area contributed by atoms with Crippen molar-refractivity contribution >= 4 is 28.5 Å². The smallest absolute Gasteiger partial charge is 0.309 e. The summed E-state index contributed by atoms with van der Waals surface area (Å²) in [6, 6.07) is 17.6. The Bertz CT molecular complexity index is 1190. The SMILES string of the molecule is CCOC(=O)C[C@H]1Oc2ccc(F)cc2[C@@H](Sc2ccc3ccccc3c2)[C@]1(C)[N+](=O)[O-]. The van der Waals surface area contributed by atoms with Crippen LogP contribution in [0, 0.1) is 15.9 Å². The Morgan fingerprint density at radius 2 is 1.94 bits per heavy atom. The zero-order valence-corrected chi connectivity index (χ0v) is 18.4. The van der Waals surface area contributed by atoms with Crippen LogP contribution in [0.15, 0.2) is 65.6 Å². The number of hydrogen-bond acceptors (Lipinski definition) is 6. The first kappa shape index (κ1) is 22.1. The maximum Gasteiger partial charge on any atom is 0.309 e. The normalized spacial score (nSPS) is 22.1. The Hall–Kier alpha value is -3.13. The highest BCUT2D eigenvalue weighted by molar-refractivity contribution is 7.99. The van der Waals surface area contributed by atoms with E-state index in [0.29, 0.717) is 11.3 Å². The van der Waals surface area contributed by atoms with Crippen molar-refractivity contribution < 1.29 is 23.6 Å². The summed E-state index contributed by atoms with van der Waals surface area (Å²) >= 11 is 1.27. The summed E-state index contributed by atoms with van der Waals surface area (Å²) in [6.45, 7) is 3.28. The van der Waals surface area contributed by atoms with Gasteiger partial charge in [0.1, 0.15) is 16.8 Å². The molecule has 0 spiro atoms. The molecule has 1 heterocycles. The highest BCUT2D eigenvalue weighted by Gasteiger charge is 2.59. The van der Waals surface area contributed by atoms with Gasteiger partial charge in [0.25, 0.3) is 5.54 Å². The largest absolute Gasteiger partial charge is 0.482 e. The first-order valence-corrected chi connectivity index (χ1v) is 11.1. The molecule has 8 heteroatoms. The van der Waals surface area contributed by atoms with E-state index < -0.39 is 33.6 Å². The fourth-order valence-electron chi connectivity index (χ4n) is 3.98. The maximum atomic E-state index is 14.2. The van der Waals surface area contributed by atoms with Crippen molar-refractivity contribution in [3.05, 3.63) is 82.2 Å². The van der Waals surface area contributed by atoms with E-state index in [9.17, 15) is 19.3 Å². The molecule has 3 aromatic carbocycles. The average molecular weight is 456 g/mol. The second kappa shape index (κ2) is 8.78. The summed E-state index contributed by atoms with van der Waals surface area (Å²) in [6.07, 6.45) is -1.36. The minimum Gasteiger partial charge on any atom is -0.482 e. The van der Waals surface area contributed by atoms with Gasteiger partial charge in [-0.15, -0.1) is 11.8 Å². The van der Waals surface area contributed by atoms with Gasteiger partial charge < -0.3 is 9.47 Å². The summed E-state index contributed by atoms with van der Waals surface area (Å²) in [5.41, 5.74) is -1.31. The molecule has 3 aromatic rings. The predicted molar refractivity (Wildman–Crippen MR) is 120 cm³/mol. The van der Waals surface area contributed by atoms with Crippen LogP contribution in [0.25, 0.3) is 10.8 Å². The molecule has 0 unspecified atom stereocenters. The molecule has 0 N–H and O–H groups in total. The molecule has 0 saturated carbocycles. The highest BCUT2D eigenvalue weighted by atomic mass is 32.2. The maximum absolute atomic E-state index is 14.2. The molecule has 32 heavy (non-hydrogen) atoms. The predicted octanol–water partition coefficient (Wildman–Crippen LogP) is 5.56. The lowest BCUT2D eigenvalue weighted by Crippen LogP contribution is -2.56. The van der Waals surface area contributed by atoms with Gasteiger partial charge in [-0.05, 0) is 48.0 Å². The van der Waals surface area contributed by atoms with Crippen molar-refractivity contribution in [1.29, 1.82) is 0 Å². The molecule has 0 fully saturated rings. The monoisotopic (exact) mass is 455 g/mol. The van der Waals surface area contributed by atoms with E-state index in [4.69, 9.17) is 9.47 Å². The number of thioether (sulfide) groups is 1. The van der Waals surface area contributed by atoms with Gasteiger partial charge in [0, 0.05) is 22.3 Å². The summed E-state index contributed by atoms with van der Waals surface area (Å²) in [5, 5.41) is 13.6. The number of nitrogens with zero attached hydrogens (tertiary/aromatic N) is 1. The third-order valence-electron chi connectivity index (χ3n) is 5.73. The van der Waals surface area contributed by atoms with Gasteiger partial charge >= 0.3 is 5.97 Å². The molecule has 0 amide bonds. The second-order valence-corrected chi connectivity index (χ2v) is 8.97. The molecule has 0 aromatic heterocycles. The lowest BCUT2D eigenvalue weighted by molar-refractivity contribution is -0.578. The number of hydrogen-bond donors (Lipinski definition) is 0. The van der Waals surface area contributed by atoms with Crippen LogP contribution in [0.1, 0.15) is 31.1 Å². The van der Waals surface area contributed by atoms with Crippen LogP contribution < -0.4 is 4.74 Å². The van der Waals surface area contributed by atoms with Crippen molar-refractivity contribution in [2.75, 3.05) is 6.61 Å². The Morgan fingerprint density at radius 1 is 1.19 bits per heavy atom. The number of esters is 1. The van der Waals surface area contributed by atoms with Crippen molar-refractivity contribution in [2.24, 2.45) is 0 Å². The topological polar surface area (TPSA) is 78.7 Å². The van der Waals surface area contributed by atoms with Gasteiger partial charge in [-0.25, -0.2) is 4.39 Å². The molecule has 1 aliphatic rings. The third-order valence-corrected chi connectivity index (χ3v) is 7.22. The molecule has 166 valence electrons. The zero-order chi connectivity index (χ0) is 22.9.